The van der Waals surface area contributed by atoms with Gasteiger partial charge in [0.2, 0.25) is 0 Å². The lowest BCUT2D eigenvalue weighted by Gasteiger charge is -1.95. The summed E-state index contributed by atoms with van der Waals surface area (Å²) in [5.41, 5.74) is 5.10. The third-order valence-corrected chi connectivity index (χ3v) is 0.642. The Morgan fingerprint density at radius 3 is 2.50 bits per heavy atom. The average Bonchev–Trinajstić information content (AvgIpc) is 2.02. The maximum Gasteiger partial charge on any atom is 0.122 e. The Balaban J connectivity index is -0.000000196. The Morgan fingerprint density at radius 2 is 2.10 bits per heavy atom. The van der Waals surface area contributed by atoms with E-state index in [1.54, 1.807) is 0 Å². The molecule has 0 aliphatic carbocycles. The van der Waals surface area contributed by atoms with Gasteiger partial charge in [-0.25, -0.2) is 0 Å². The molecule has 0 radical (unpaired) electrons. The molecule has 64 valence electrons. The van der Waals surface area contributed by atoms with Crippen LogP contribution in [0.4, 0.5) is 0 Å². The summed E-state index contributed by atoms with van der Waals surface area (Å²) in [5, 5.41) is 0. The first-order valence-electron chi connectivity index (χ1n) is 3.63. The first kappa shape index (κ1) is 12.3. The molecule has 0 atom stereocenters. The molecule has 3 nitrogen and oxygen atoms in total. The maximum atomic E-state index is 9.66. The predicted octanol–water partition coefficient (Wildman–Crippen LogP) is 0.823. The highest BCUT2D eigenvalue weighted by Gasteiger charge is 1.81. The van der Waals surface area contributed by atoms with Gasteiger partial charge < -0.3 is 15.3 Å². The van der Waals surface area contributed by atoms with Crippen LogP contribution in [0.15, 0.2) is 0 Å². The van der Waals surface area contributed by atoms with E-state index in [1.807, 2.05) is 13.8 Å². The second-order valence-corrected chi connectivity index (χ2v) is 1.36. The van der Waals surface area contributed by atoms with Gasteiger partial charge in [0.15, 0.2) is 0 Å². The first-order valence-corrected chi connectivity index (χ1v) is 3.63. The van der Waals surface area contributed by atoms with Gasteiger partial charge >= 0.3 is 0 Å². The number of rotatable bonds is 5. The molecule has 0 spiro atoms. The van der Waals surface area contributed by atoms with Crippen molar-refractivity contribution >= 4 is 6.29 Å². The number of carbonyl (C=O) groups is 1. The number of hydrogen-bond acceptors (Lipinski definition) is 3. The molecule has 0 unspecified atom stereocenters. The fourth-order valence-electron chi connectivity index (χ4n) is 0.317. The normalized spacial score (nSPS) is 7.90. The molecular weight excluding hydrogens is 130 g/mol. The fraction of sp³-hybridized carbons (Fsp3) is 0.857. The number of aldehydes is 1. The van der Waals surface area contributed by atoms with E-state index in [4.69, 9.17) is 10.5 Å². The minimum Gasteiger partial charge on any atom is -0.380 e. The third-order valence-electron chi connectivity index (χ3n) is 0.642. The minimum atomic E-state index is 0. The Hall–Kier alpha value is -0.410. The molecule has 0 aromatic heterocycles. The van der Waals surface area contributed by atoms with E-state index in [1.165, 1.54) is 0 Å². The SMILES string of the molecule is CC.NCCOCCC=O.[HH]. The van der Waals surface area contributed by atoms with Gasteiger partial charge in [0.05, 0.1) is 13.2 Å². The van der Waals surface area contributed by atoms with E-state index in [9.17, 15) is 4.79 Å². The van der Waals surface area contributed by atoms with Crippen LogP contribution in [0.5, 0.6) is 0 Å². The zero-order chi connectivity index (χ0) is 8.24. The van der Waals surface area contributed by atoms with Crippen molar-refractivity contribution in [2.45, 2.75) is 20.3 Å². The number of nitrogens with two attached hydrogens (primary N) is 1. The van der Waals surface area contributed by atoms with E-state index < -0.39 is 0 Å². The summed E-state index contributed by atoms with van der Waals surface area (Å²) < 4.78 is 4.87. The number of ether oxygens (including phenoxy) is 1. The standard InChI is InChI=1S/C5H11NO2.C2H6.H2/c6-2-5-8-4-1-3-7;1-2;/h3H,1-2,4-6H2;1-2H3;1H. The molecule has 0 bridgehead atoms. The van der Waals surface area contributed by atoms with Crippen LogP contribution in [0.2, 0.25) is 0 Å². The second kappa shape index (κ2) is 15.8. The summed E-state index contributed by atoms with van der Waals surface area (Å²) >= 11 is 0. The van der Waals surface area contributed by atoms with Gasteiger partial charge in [0, 0.05) is 14.4 Å². The van der Waals surface area contributed by atoms with Crippen LogP contribution in [-0.2, 0) is 9.53 Å². The molecule has 0 aliphatic rings. The fourth-order valence-corrected chi connectivity index (χ4v) is 0.317. The largest absolute Gasteiger partial charge is 0.380 e. The van der Waals surface area contributed by atoms with Gasteiger partial charge in [-0.3, -0.25) is 0 Å². The molecule has 0 saturated heterocycles. The topological polar surface area (TPSA) is 52.3 Å². The van der Waals surface area contributed by atoms with Crippen LogP contribution in [0.1, 0.15) is 21.7 Å². The van der Waals surface area contributed by atoms with E-state index in [2.05, 4.69) is 0 Å². The van der Waals surface area contributed by atoms with Gasteiger partial charge in [0.25, 0.3) is 0 Å². The first-order chi connectivity index (χ1) is 4.91. The van der Waals surface area contributed by atoms with Crippen molar-refractivity contribution in [2.24, 2.45) is 5.73 Å². The molecule has 0 fully saturated rings. The summed E-state index contributed by atoms with van der Waals surface area (Å²) in [6.07, 6.45) is 1.30. The molecule has 0 aromatic rings. The van der Waals surface area contributed by atoms with Gasteiger partial charge in [-0.05, 0) is 0 Å². The summed E-state index contributed by atoms with van der Waals surface area (Å²) in [5.74, 6) is 0. The summed E-state index contributed by atoms with van der Waals surface area (Å²) in [4.78, 5) is 9.66. The van der Waals surface area contributed by atoms with Crippen molar-refractivity contribution in [1.82, 2.24) is 0 Å². The molecule has 0 saturated carbocycles. The van der Waals surface area contributed by atoms with Crippen molar-refractivity contribution in [3.8, 4) is 0 Å². The lowest BCUT2D eigenvalue weighted by molar-refractivity contribution is -0.108. The lowest BCUT2D eigenvalue weighted by atomic mass is 10.5. The van der Waals surface area contributed by atoms with E-state index >= 15 is 0 Å². The Morgan fingerprint density at radius 1 is 1.50 bits per heavy atom. The summed E-state index contributed by atoms with van der Waals surface area (Å²) in [7, 11) is 0. The van der Waals surface area contributed by atoms with Crippen molar-refractivity contribution in [2.75, 3.05) is 19.8 Å². The molecule has 0 aromatic carbocycles. The molecule has 2 N–H and O–H groups in total. The highest BCUT2D eigenvalue weighted by Crippen LogP contribution is 1.74. The Labute approximate surface area is 64.0 Å². The molecule has 0 aliphatic heterocycles. The molecule has 10 heavy (non-hydrogen) atoms. The van der Waals surface area contributed by atoms with E-state index in [0.29, 0.717) is 26.2 Å². The maximum absolute atomic E-state index is 9.66. The monoisotopic (exact) mass is 149 g/mol. The van der Waals surface area contributed by atoms with E-state index in [0.717, 1.165) is 6.29 Å². The van der Waals surface area contributed by atoms with Crippen molar-refractivity contribution in [1.29, 1.82) is 0 Å². The second-order valence-electron chi connectivity index (χ2n) is 1.36. The van der Waals surface area contributed by atoms with Crippen LogP contribution in [-0.4, -0.2) is 26.0 Å². The van der Waals surface area contributed by atoms with Gasteiger partial charge in [-0.15, -0.1) is 0 Å². The average molecular weight is 149 g/mol. The van der Waals surface area contributed by atoms with Crippen LogP contribution < -0.4 is 5.73 Å². The Bertz CT molecular complexity index is 62.4. The van der Waals surface area contributed by atoms with Crippen molar-refractivity contribution in [3.05, 3.63) is 0 Å². The van der Waals surface area contributed by atoms with Crippen molar-refractivity contribution < 1.29 is 11.0 Å². The molecule has 3 heteroatoms. The smallest absolute Gasteiger partial charge is 0.122 e. The van der Waals surface area contributed by atoms with Gasteiger partial charge in [-0.2, -0.15) is 0 Å². The molecule has 0 rings (SSSR count). The highest BCUT2D eigenvalue weighted by molar-refractivity contribution is 5.49. The van der Waals surface area contributed by atoms with Crippen LogP contribution in [0, 0.1) is 0 Å². The predicted molar refractivity (Wildman–Crippen MR) is 44.0 cm³/mol. The molecule has 0 amide bonds. The number of carbonyl (C=O) groups excluding carboxylic acids is 1. The van der Waals surface area contributed by atoms with Gasteiger partial charge in [-0.1, -0.05) is 13.8 Å². The highest BCUT2D eigenvalue weighted by atomic mass is 16.5. The van der Waals surface area contributed by atoms with Crippen LogP contribution in [0.25, 0.3) is 0 Å². The van der Waals surface area contributed by atoms with E-state index in [-0.39, 0.29) is 1.43 Å². The number of hydrogen-bond donors (Lipinski definition) is 1. The molecule has 0 heterocycles. The van der Waals surface area contributed by atoms with Crippen molar-refractivity contribution in [3.63, 3.8) is 0 Å². The van der Waals surface area contributed by atoms with Crippen LogP contribution >= 0.6 is 0 Å². The lowest BCUT2D eigenvalue weighted by Crippen LogP contribution is -2.08. The zero-order valence-electron chi connectivity index (χ0n) is 6.80. The van der Waals surface area contributed by atoms with Gasteiger partial charge in [0.1, 0.15) is 6.29 Å². The third kappa shape index (κ3) is 15.6. The zero-order valence-corrected chi connectivity index (χ0v) is 6.80. The summed E-state index contributed by atoms with van der Waals surface area (Å²) in [6.45, 7) is 5.58. The Kier molecular flexibility index (Phi) is 19.5. The minimum absolute atomic E-state index is 0. The summed E-state index contributed by atoms with van der Waals surface area (Å²) in [6, 6.07) is 0. The quantitative estimate of drug-likeness (QED) is 0.465. The van der Waals surface area contributed by atoms with Crippen LogP contribution in [0.3, 0.4) is 0 Å². The molecular formula is C7H19NO2.